The largest absolute Gasteiger partial charge is 0.242 e. The molecule has 0 spiro atoms. The van der Waals surface area contributed by atoms with Crippen molar-refractivity contribution in [2.75, 3.05) is 0 Å². The predicted octanol–water partition coefficient (Wildman–Crippen LogP) is 2.91. The predicted molar refractivity (Wildman–Crippen MR) is 39.4 cm³/mol. The lowest BCUT2D eigenvalue weighted by Crippen LogP contribution is -1.87. The molecule has 0 amide bonds. The van der Waals surface area contributed by atoms with E-state index in [1.807, 2.05) is 6.92 Å². The normalized spacial score (nSPS) is 13.0. The van der Waals surface area contributed by atoms with Gasteiger partial charge in [0.25, 0.3) is 0 Å². The summed E-state index contributed by atoms with van der Waals surface area (Å²) >= 11 is 0. The number of alkyl halides is 1. The van der Waals surface area contributed by atoms with E-state index in [1.54, 1.807) is 24.3 Å². The molecule has 10 heavy (non-hydrogen) atoms. The molecular formula is C9H10F. The molecule has 1 heteroatoms. The van der Waals surface area contributed by atoms with Crippen LogP contribution in [0.3, 0.4) is 0 Å². The highest BCUT2D eigenvalue weighted by Gasteiger charge is 2.03. The highest BCUT2D eigenvalue weighted by atomic mass is 19.1. The molecule has 0 aromatic heterocycles. The molecular weight excluding hydrogens is 127 g/mol. The van der Waals surface area contributed by atoms with Gasteiger partial charge in [-0.05, 0) is 24.1 Å². The van der Waals surface area contributed by atoms with Crippen molar-refractivity contribution in [1.82, 2.24) is 0 Å². The van der Waals surface area contributed by atoms with Crippen molar-refractivity contribution >= 4 is 0 Å². The second-order valence-corrected chi connectivity index (χ2v) is 2.21. The molecule has 0 aliphatic carbocycles. The molecule has 0 fully saturated rings. The highest BCUT2D eigenvalue weighted by molar-refractivity contribution is 5.16. The van der Waals surface area contributed by atoms with Crippen LogP contribution in [0.25, 0.3) is 0 Å². The minimum absolute atomic E-state index is 0.540. The fraction of sp³-hybridized carbons (Fsp3) is 0.333. The standard InChI is InChI=1S/C9H10F/c1-2-9(10)8-6-4-3-5-7-8/h3-4,6-7,9H,2H2,1H3. The SMILES string of the molecule is CCC(F)c1c[c]ccc1. The van der Waals surface area contributed by atoms with E-state index in [9.17, 15) is 4.39 Å². The Hall–Kier alpha value is -0.850. The zero-order valence-corrected chi connectivity index (χ0v) is 5.97. The first kappa shape index (κ1) is 7.26. The minimum Gasteiger partial charge on any atom is -0.242 e. The molecule has 0 bridgehead atoms. The lowest BCUT2D eigenvalue weighted by Gasteiger charge is -2.02. The molecule has 0 aliphatic heterocycles. The van der Waals surface area contributed by atoms with E-state index >= 15 is 0 Å². The first-order chi connectivity index (χ1) is 4.84. The van der Waals surface area contributed by atoms with Gasteiger partial charge in [0.2, 0.25) is 0 Å². The Kier molecular flexibility index (Phi) is 2.43. The molecule has 0 saturated heterocycles. The second-order valence-electron chi connectivity index (χ2n) is 2.21. The topological polar surface area (TPSA) is 0 Å². The van der Waals surface area contributed by atoms with Gasteiger partial charge in [-0.15, -0.1) is 0 Å². The van der Waals surface area contributed by atoms with Gasteiger partial charge in [0.15, 0.2) is 0 Å². The summed E-state index contributed by atoms with van der Waals surface area (Å²) in [5.74, 6) is 0. The van der Waals surface area contributed by atoms with Crippen LogP contribution >= 0.6 is 0 Å². The number of hydrogen-bond donors (Lipinski definition) is 0. The molecule has 1 aromatic carbocycles. The van der Waals surface area contributed by atoms with Crippen molar-refractivity contribution in [3.63, 3.8) is 0 Å². The van der Waals surface area contributed by atoms with Gasteiger partial charge in [-0.25, -0.2) is 4.39 Å². The van der Waals surface area contributed by atoms with E-state index in [2.05, 4.69) is 6.07 Å². The maximum absolute atomic E-state index is 12.8. The second kappa shape index (κ2) is 3.35. The zero-order chi connectivity index (χ0) is 7.40. The van der Waals surface area contributed by atoms with Gasteiger partial charge < -0.3 is 0 Å². The number of benzene rings is 1. The summed E-state index contributed by atoms with van der Waals surface area (Å²) in [5.41, 5.74) is 0.727. The van der Waals surface area contributed by atoms with Crippen LogP contribution in [-0.4, -0.2) is 0 Å². The fourth-order valence-corrected chi connectivity index (χ4v) is 0.838. The van der Waals surface area contributed by atoms with Crippen LogP contribution in [0.15, 0.2) is 24.3 Å². The average Bonchev–Trinajstić information content (AvgIpc) is 2.05. The third kappa shape index (κ3) is 1.56. The van der Waals surface area contributed by atoms with Crippen LogP contribution in [0.2, 0.25) is 0 Å². The van der Waals surface area contributed by atoms with E-state index in [0.717, 1.165) is 5.56 Å². The Bertz CT molecular complexity index is 181. The molecule has 1 unspecified atom stereocenters. The maximum Gasteiger partial charge on any atom is 0.125 e. The first-order valence-corrected chi connectivity index (χ1v) is 3.44. The van der Waals surface area contributed by atoms with Crippen LogP contribution in [-0.2, 0) is 0 Å². The maximum atomic E-state index is 12.8. The molecule has 1 radical (unpaired) electrons. The van der Waals surface area contributed by atoms with E-state index in [0.29, 0.717) is 6.42 Å². The third-order valence-electron chi connectivity index (χ3n) is 1.45. The van der Waals surface area contributed by atoms with Gasteiger partial charge in [0.05, 0.1) is 0 Å². The van der Waals surface area contributed by atoms with Gasteiger partial charge in [-0.1, -0.05) is 25.1 Å². The Morgan fingerprint density at radius 1 is 1.70 bits per heavy atom. The quantitative estimate of drug-likeness (QED) is 0.588. The fourth-order valence-electron chi connectivity index (χ4n) is 0.838. The molecule has 0 N–H and O–H groups in total. The lowest BCUT2D eigenvalue weighted by atomic mass is 10.1. The van der Waals surface area contributed by atoms with Gasteiger partial charge >= 0.3 is 0 Å². The Morgan fingerprint density at radius 2 is 2.50 bits per heavy atom. The van der Waals surface area contributed by atoms with Crippen molar-refractivity contribution in [2.45, 2.75) is 19.5 Å². The number of hydrogen-bond acceptors (Lipinski definition) is 0. The van der Waals surface area contributed by atoms with Crippen molar-refractivity contribution < 1.29 is 4.39 Å². The van der Waals surface area contributed by atoms with Crippen LogP contribution in [0.4, 0.5) is 4.39 Å². The summed E-state index contributed by atoms with van der Waals surface area (Å²) < 4.78 is 12.8. The smallest absolute Gasteiger partial charge is 0.125 e. The van der Waals surface area contributed by atoms with Gasteiger partial charge in [-0.2, -0.15) is 0 Å². The number of rotatable bonds is 2. The van der Waals surface area contributed by atoms with Crippen LogP contribution in [0.1, 0.15) is 25.1 Å². The van der Waals surface area contributed by atoms with Crippen molar-refractivity contribution in [3.8, 4) is 0 Å². The summed E-state index contributed by atoms with van der Waals surface area (Å²) in [6.45, 7) is 1.83. The molecule has 1 atom stereocenters. The van der Waals surface area contributed by atoms with Gasteiger partial charge in [0.1, 0.15) is 6.17 Å². The first-order valence-electron chi connectivity index (χ1n) is 3.44. The molecule has 0 aliphatic rings. The summed E-state index contributed by atoms with van der Waals surface area (Å²) in [4.78, 5) is 0. The van der Waals surface area contributed by atoms with Gasteiger partial charge in [-0.3, -0.25) is 0 Å². The van der Waals surface area contributed by atoms with Crippen molar-refractivity contribution in [2.24, 2.45) is 0 Å². The molecule has 53 valence electrons. The zero-order valence-electron chi connectivity index (χ0n) is 5.97. The third-order valence-corrected chi connectivity index (χ3v) is 1.45. The van der Waals surface area contributed by atoms with E-state index < -0.39 is 6.17 Å². The van der Waals surface area contributed by atoms with E-state index in [4.69, 9.17) is 0 Å². The van der Waals surface area contributed by atoms with Crippen LogP contribution in [0.5, 0.6) is 0 Å². The summed E-state index contributed by atoms with van der Waals surface area (Å²) in [6, 6.07) is 9.88. The Labute approximate surface area is 60.7 Å². The lowest BCUT2D eigenvalue weighted by molar-refractivity contribution is 0.334. The minimum atomic E-state index is -0.822. The van der Waals surface area contributed by atoms with Crippen molar-refractivity contribution in [1.29, 1.82) is 0 Å². The number of halogens is 1. The molecule has 1 aromatic rings. The molecule has 0 saturated carbocycles. The van der Waals surface area contributed by atoms with Crippen LogP contribution in [0, 0.1) is 6.07 Å². The van der Waals surface area contributed by atoms with Gasteiger partial charge in [0, 0.05) is 0 Å². The summed E-state index contributed by atoms with van der Waals surface area (Å²) in [5, 5.41) is 0. The summed E-state index contributed by atoms with van der Waals surface area (Å²) in [6.07, 6.45) is -0.282. The average molecular weight is 137 g/mol. The van der Waals surface area contributed by atoms with E-state index in [1.165, 1.54) is 0 Å². The molecule has 0 heterocycles. The molecule has 1 rings (SSSR count). The van der Waals surface area contributed by atoms with Crippen molar-refractivity contribution in [3.05, 3.63) is 35.9 Å². The Morgan fingerprint density at radius 3 is 3.00 bits per heavy atom. The molecule has 0 nitrogen and oxygen atoms in total. The Balaban J connectivity index is 2.75. The summed E-state index contributed by atoms with van der Waals surface area (Å²) in [7, 11) is 0. The van der Waals surface area contributed by atoms with E-state index in [-0.39, 0.29) is 0 Å². The highest BCUT2D eigenvalue weighted by Crippen LogP contribution is 2.19. The monoisotopic (exact) mass is 137 g/mol. The van der Waals surface area contributed by atoms with Crippen LogP contribution < -0.4 is 0 Å².